The second-order valence-electron chi connectivity index (χ2n) is 17.4. The zero-order valence-corrected chi connectivity index (χ0v) is 38.1. The Morgan fingerprint density at radius 1 is 0.677 bits per heavy atom. The van der Waals surface area contributed by atoms with E-state index in [1.807, 2.05) is 4.90 Å². The molecule has 2 aromatic heterocycles. The quantitative estimate of drug-likeness (QED) is 0.163. The maximum absolute atomic E-state index is 14.4. The van der Waals surface area contributed by atoms with Crippen LogP contribution in [0.2, 0.25) is 0 Å². The van der Waals surface area contributed by atoms with E-state index in [0.717, 1.165) is 19.3 Å². The van der Waals surface area contributed by atoms with E-state index in [0.29, 0.717) is 130 Å². The molecule has 0 unspecified atom stereocenters. The molecule has 5 aliphatic rings. The van der Waals surface area contributed by atoms with Gasteiger partial charge >= 0.3 is 12.1 Å². The van der Waals surface area contributed by atoms with Gasteiger partial charge in [0.05, 0.1) is 55.8 Å². The maximum atomic E-state index is 14.4. The standard InChI is InChI=1S/C44H54N10O9S2/c1-64(58,59)43(14-15-43)35-28-37(51-19-24-62-25-20-51)49-39(47-35)30-6-10-33(11-7-30)53(41(56)45-18-23-55)54(42(57)46-32-4-3-5-32)34-12-8-31(9-13-34)40-48-36(44(16-17-44)65(2,60)61)29-38(50-40)52-21-26-63-27-22-52/h6-13,28-29,32,55H,3-5,14-27H2,1-2H3,(H,45,56)(H,46,57). The van der Waals surface area contributed by atoms with E-state index < -0.39 is 41.2 Å². The normalized spacial score (nSPS) is 19.2. The number of aromatic nitrogens is 4. The van der Waals surface area contributed by atoms with Crippen LogP contribution < -0.4 is 30.5 Å². The van der Waals surface area contributed by atoms with E-state index in [4.69, 9.17) is 29.4 Å². The van der Waals surface area contributed by atoms with Crippen LogP contribution in [0.1, 0.15) is 56.3 Å². The third kappa shape index (κ3) is 8.95. The molecule has 0 spiro atoms. The lowest BCUT2D eigenvalue weighted by atomic mass is 9.93. The molecule has 5 fully saturated rings. The highest BCUT2D eigenvalue weighted by Gasteiger charge is 2.56. The van der Waals surface area contributed by atoms with E-state index >= 15 is 0 Å². The third-order valence-corrected chi connectivity index (χ3v) is 17.1. The first-order valence-electron chi connectivity index (χ1n) is 22.0. The van der Waals surface area contributed by atoms with E-state index in [1.54, 1.807) is 60.7 Å². The molecule has 0 bridgehead atoms. The Morgan fingerprint density at radius 3 is 1.45 bits per heavy atom. The summed E-state index contributed by atoms with van der Waals surface area (Å²) in [5, 5.41) is 17.9. The van der Waals surface area contributed by atoms with Crippen molar-refractivity contribution in [3.8, 4) is 22.8 Å². The smallest absolute Gasteiger partial charge is 0.341 e. The summed E-state index contributed by atoms with van der Waals surface area (Å²) in [5.74, 6) is 1.82. The van der Waals surface area contributed by atoms with Crippen LogP contribution in [-0.2, 0) is 38.6 Å². The first kappa shape index (κ1) is 44.7. The van der Waals surface area contributed by atoms with E-state index in [-0.39, 0.29) is 24.9 Å². The highest BCUT2D eigenvalue weighted by atomic mass is 32.2. The number of nitrogens with zero attached hydrogens (tertiary/aromatic N) is 8. The Hall–Kier alpha value is -5.48. The first-order chi connectivity index (χ1) is 31.2. The minimum absolute atomic E-state index is 0.0917. The molecule has 4 aromatic rings. The largest absolute Gasteiger partial charge is 0.395 e. The molecule has 9 rings (SSSR count). The van der Waals surface area contributed by atoms with Crippen LogP contribution in [0.3, 0.4) is 0 Å². The van der Waals surface area contributed by atoms with Crippen molar-refractivity contribution in [3.05, 3.63) is 72.1 Å². The van der Waals surface area contributed by atoms with Gasteiger partial charge in [0.25, 0.3) is 0 Å². The Labute approximate surface area is 378 Å². The van der Waals surface area contributed by atoms with Gasteiger partial charge in [-0.2, -0.15) is 10.0 Å². The Bertz CT molecular complexity index is 2650. The summed E-state index contributed by atoms with van der Waals surface area (Å²) in [6.07, 6.45) is 6.83. The number of amides is 4. The molecule has 19 nitrogen and oxygen atoms in total. The SMILES string of the molecule is CS(=O)(=O)C1(c2cc(N3CCOCC3)nc(-c3ccc(N(C(=O)NCCO)N(C(=O)NC4CCC4)c4ccc(-c5nc(N6CCOCC6)cc(C6(S(C)(=O)=O)CC6)n5)cc4)cc3)n2)CC1. The molecule has 2 aromatic carbocycles. The zero-order chi connectivity index (χ0) is 45.6. The van der Waals surface area contributed by atoms with E-state index in [9.17, 15) is 31.5 Å². The molecule has 4 amide bonds. The lowest BCUT2D eigenvalue weighted by molar-refractivity contribution is 0.122. The number of hydrogen-bond donors (Lipinski definition) is 3. The lowest BCUT2D eigenvalue weighted by Gasteiger charge is -2.37. The number of anilines is 4. The van der Waals surface area contributed by atoms with Crippen LogP contribution in [0.15, 0.2) is 60.7 Å². The fraction of sp³-hybridized carbons (Fsp3) is 0.500. The van der Waals surface area contributed by atoms with Gasteiger partial charge in [-0.25, -0.2) is 46.4 Å². The molecule has 65 heavy (non-hydrogen) atoms. The fourth-order valence-electron chi connectivity index (χ4n) is 8.54. The molecule has 2 saturated heterocycles. The zero-order valence-electron chi connectivity index (χ0n) is 36.5. The Balaban J connectivity index is 1.09. The average Bonchev–Trinajstić information content (AvgIpc) is 4.24. The van der Waals surface area contributed by atoms with Gasteiger partial charge in [-0.3, -0.25) is 0 Å². The number of sulfone groups is 2. The Morgan fingerprint density at radius 2 is 1.09 bits per heavy atom. The molecular formula is C44H54N10O9S2. The summed E-state index contributed by atoms with van der Waals surface area (Å²) in [7, 11) is -6.99. The van der Waals surface area contributed by atoms with Crippen molar-refractivity contribution in [3.63, 3.8) is 0 Å². The van der Waals surface area contributed by atoms with Gasteiger partial charge in [0.2, 0.25) is 0 Å². The van der Waals surface area contributed by atoms with Gasteiger partial charge in [0, 0.05) is 74.5 Å². The number of nitrogens with one attached hydrogen (secondary N) is 2. The second kappa shape index (κ2) is 17.7. The van der Waals surface area contributed by atoms with Gasteiger partial charge in [-0.1, -0.05) is 0 Å². The number of benzene rings is 2. The van der Waals surface area contributed by atoms with Crippen molar-refractivity contribution in [2.45, 2.75) is 60.5 Å². The molecule has 3 aliphatic carbocycles. The monoisotopic (exact) mass is 930 g/mol. The number of carbonyl (C=O) groups is 2. The molecular weight excluding hydrogens is 877 g/mol. The van der Waals surface area contributed by atoms with Crippen LogP contribution >= 0.6 is 0 Å². The minimum Gasteiger partial charge on any atom is -0.395 e. The van der Waals surface area contributed by atoms with Crippen LogP contribution in [0, 0.1) is 0 Å². The molecule has 0 radical (unpaired) electrons. The van der Waals surface area contributed by atoms with Crippen molar-refractivity contribution in [2.24, 2.45) is 0 Å². The molecule has 2 aliphatic heterocycles. The molecule has 0 atom stereocenters. The van der Waals surface area contributed by atoms with Crippen molar-refractivity contribution in [1.82, 2.24) is 30.6 Å². The predicted molar refractivity (Wildman–Crippen MR) is 244 cm³/mol. The van der Waals surface area contributed by atoms with E-state index in [2.05, 4.69) is 15.5 Å². The number of morpholine rings is 2. The summed E-state index contributed by atoms with van der Waals surface area (Å²) in [4.78, 5) is 52.2. The van der Waals surface area contributed by atoms with Gasteiger partial charge in [0.15, 0.2) is 31.3 Å². The summed E-state index contributed by atoms with van der Waals surface area (Å²) >= 11 is 0. The van der Waals surface area contributed by atoms with Crippen LogP contribution in [0.25, 0.3) is 22.8 Å². The van der Waals surface area contributed by atoms with Crippen LogP contribution in [0.5, 0.6) is 0 Å². The third-order valence-electron chi connectivity index (χ3n) is 13.0. The number of rotatable bonds is 13. The van der Waals surface area contributed by atoms with Gasteiger partial charge in [-0.15, -0.1) is 0 Å². The van der Waals surface area contributed by atoms with Crippen LogP contribution in [-0.4, -0.2) is 138 Å². The van der Waals surface area contributed by atoms with Gasteiger partial charge in [-0.05, 0) is 93.5 Å². The number of aliphatic hydroxyl groups is 1. The number of carbonyl (C=O) groups excluding carboxylic acids is 2. The molecule has 3 N–H and O–H groups in total. The average molecular weight is 931 g/mol. The molecule has 4 heterocycles. The van der Waals surface area contributed by atoms with Crippen molar-refractivity contribution >= 4 is 54.7 Å². The fourth-order valence-corrected chi connectivity index (χ4v) is 11.2. The van der Waals surface area contributed by atoms with E-state index in [1.165, 1.54) is 22.5 Å². The lowest BCUT2D eigenvalue weighted by Crippen LogP contribution is -2.59. The highest BCUT2D eigenvalue weighted by molar-refractivity contribution is 7.92. The number of urea groups is 2. The summed E-state index contributed by atoms with van der Waals surface area (Å²) < 4.78 is 61.2. The Kier molecular flexibility index (Phi) is 12.2. The number of hydrogen-bond acceptors (Lipinski definition) is 15. The molecule has 3 saturated carbocycles. The topological polar surface area (TPSA) is 230 Å². The summed E-state index contributed by atoms with van der Waals surface area (Å²) in [6.45, 7) is 3.91. The first-order valence-corrected chi connectivity index (χ1v) is 25.8. The number of ether oxygens (including phenoxy) is 2. The number of hydrazine groups is 1. The van der Waals surface area contributed by atoms with Gasteiger partial charge in [0.1, 0.15) is 21.1 Å². The van der Waals surface area contributed by atoms with Crippen molar-refractivity contribution < 1.29 is 41.0 Å². The summed E-state index contributed by atoms with van der Waals surface area (Å²) in [5.41, 5.74) is 2.59. The van der Waals surface area contributed by atoms with Crippen molar-refractivity contribution in [1.29, 1.82) is 0 Å². The number of aliphatic hydroxyl groups excluding tert-OH is 1. The molecule has 21 heteroatoms. The van der Waals surface area contributed by atoms with Crippen LogP contribution in [0.4, 0.5) is 32.6 Å². The van der Waals surface area contributed by atoms with Gasteiger partial charge < -0.3 is 35.0 Å². The highest BCUT2D eigenvalue weighted by Crippen LogP contribution is 2.53. The maximum Gasteiger partial charge on any atom is 0.341 e. The van der Waals surface area contributed by atoms with Crippen molar-refractivity contribution in [2.75, 3.05) is 98.1 Å². The second-order valence-corrected chi connectivity index (χ2v) is 22.0. The molecule has 346 valence electrons. The predicted octanol–water partition coefficient (Wildman–Crippen LogP) is 3.53. The summed E-state index contributed by atoms with van der Waals surface area (Å²) in [6, 6.07) is 15.7. The minimum atomic E-state index is -3.49.